The topological polar surface area (TPSA) is 63.6 Å². The molecule has 0 amide bonds. The normalized spacial score (nSPS) is 13.1. The smallest absolute Gasteiger partial charge is 0.294 e. The second-order valence-electron chi connectivity index (χ2n) is 6.46. The Morgan fingerprint density at radius 1 is 1.00 bits per heavy atom. The van der Waals surface area contributed by atoms with E-state index in [1.807, 2.05) is 0 Å². The first kappa shape index (κ1) is 21.1. The molecule has 0 radical (unpaired) electrons. The van der Waals surface area contributed by atoms with Crippen molar-refractivity contribution >= 4 is 10.1 Å². The number of hydrogen-bond donors (Lipinski definition) is 1. The average Bonchev–Trinajstić information content (AvgIpc) is 2.54. The summed E-state index contributed by atoms with van der Waals surface area (Å²) in [5, 5.41) is 0. The van der Waals surface area contributed by atoms with Crippen molar-refractivity contribution in [2.75, 3.05) is 6.61 Å². The van der Waals surface area contributed by atoms with Gasteiger partial charge in [0.25, 0.3) is 10.1 Å². The molecule has 0 aliphatic heterocycles. The molecular weight excluding hydrogens is 324 g/mol. The summed E-state index contributed by atoms with van der Waals surface area (Å²) in [6, 6.07) is 6.47. The van der Waals surface area contributed by atoms with Crippen LogP contribution in [0.1, 0.15) is 70.8 Å². The fourth-order valence-corrected chi connectivity index (χ4v) is 3.14. The molecule has 0 saturated heterocycles. The van der Waals surface area contributed by atoms with Crippen LogP contribution in [0.2, 0.25) is 0 Å². The zero-order chi connectivity index (χ0) is 17.8. The summed E-state index contributed by atoms with van der Waals surface area (Å²) < 4.78 is 36.7. The van der Waals surface area contributed by atoms with Gasteiger partial charge < -0.3 is 4.74 Å². The van der Waals surface area contributed by atoms with Gasteiger partial charge >= 0.3 is 0 Å². The Balaban J connectivity index is 2.08. The number of aryl methyl sites for hydroxylation is 1. The van der Waals surface area contributed by atoms with Gasteiger partial charge in [0.1, 0.15) is 0 Å². The molecule has 1 unspecified atom stereocenters. The second kappa shape index (κ2) is 11.6. The molecule has 1 aromatic carbocycles. The zero-order valence-corrected chi connectivity index (χ0v) is 15.9. The van der Waals surface area contributed by atoms with Crippen molar-refractivity contribution in [1.82, 2.24) is 0 Å². The Morgan fingerprint density at radius 2 is 1.67 bits per heavy atom. The van der Waals surface area contributed by atoms with E-state index in [9.17, 15) is 8.42 Å². The minimum atomic E-state index is -4.08. The monoisotopic (exact) mass is 356 g/mol. The number of rotatable bonds is 13. The van der Waals surface area contributed by atoms with E-state index >= 15 is 0 Å². The van der Waals surface area contributed by atoms with Gasteiger partial charge in [0.15, 0.2) is 0 Å². The van der Waals surface area contributed by atoms with Gasteiger partial charge in [-0.3, -0.25) is 4.55 Å². The van der Waals surface area contributed by atoms with Gasteiger partial charge in [0.05, 0.1) is 11.0 Å². The van der Waals surface area contributed by atoms with Crippen molar-refractivity contribution in [3.8, 4) is 0 Å². The molecule has 0 bridgehead atoms. The summed E-state index contributed by atoms with van der Waals surface area (Å²) in [5.74, 6) is 0. The third-order valence-electron chi connectivity index (χ3n) is 4.20. The molecule has 4 nitrogen and oxygen atoms in total. The maximum atomic E-state index is 11.0. The first-order valence-corrected chi connectivity index (χ1v) is 10.6. The highest BCUT2D eigenvalue weighted by molar-refractivity contribution is 7.85. The standard InChI is InChI=1S/C19H32O4S/c1-3-4-9-16-23-17(2)10-7-5-6-8-11-18-12-14-19(15-13-18)24(20,21)22/h12-15,17H,3-11,16H2,1-2H3,(H,20,21,22). The molecule has 0 aliphatic rings. The molecular formula is C19H32O4S. The van der Waals surface area contributed by atoms with E-state index in [0.29, 0.717) is 6.10 Å². The lowest BCUT2D eigenvalue weighted by atomic mass is 10.0. The minimum absolute atomic E-state index is 0.0424. The Kier molecular flexibility index (Phi) is 10.2. The van der Waals surface area contributed by atoms with Gasteiger partial charge in [-0.15, -0.1) is 0 Å². The lowest BCUT2D eigenvalue weighted by molar-refractivity contribution is 0.0559. The van der Waals surface area contributed by atoms with Crippen molar-refractivity contribution in [1.29, 1.82) is 0 Å². The van der Waals surface area contributed by atoms with Crippen LogP contribution in [0.5, 0.6) is 0 Å². The van der Waals surface area contributed by atoms with Gasteiger partial charge in [-0.2, -0.15) is 8.42 Å². The number of benzene rings is 1. The SMILES string of the molecule is CCCCCOC(C)CCCCCCc1ccc(S(=O)(=O)O)cc1. The Hall–Kier alpha value is -0.910. The summed E-state index contributed by atoms with van der Waals surface area (Å²) in [6.07, 6.45) is 10.7. The summed E-state index contributed by atoms with van der Waals surface area (Å²) in [5.41, 5.74) is 1.11. The second-order valence-corrected chi connectivity index (χ2v) is 7.88. The molecule has 0 fully saturated rings. The quantitative estimate of drug-likeness (QED) is 0.398. The van der Waals surface area contributed by atoms with Crippen LogP contribution < -0.4 is 0 Å². The molecule has 1 rings (SSSR count). The van der Waals surface area contributed by atoms with Crippen LogP contribution in [0, 0.1) is 0 Å². The molecule has 0 heterocycles. The number of hydrogen-bond acceptors (Lipinski definition) is 3. The van der Waals surface area contributed by atoms with Crippen molar-refractivity contribution in [2.24, 2.45) is 0 Å². The van der Waals surface area contributed by atoms with Gasteiger partial charge in [-0.1, -0.05) is 51.2 Å². The molecule has 0 aromatic heterocycles. The van der Waals surface area contributed by atoms with Crippen LogP contribution in [0.25, 0.3) is 0 Å². The van der Waals surface area contributed by atoms with Crippen molar-refractivity contribution in [3.05, 3.63) is 29.8 Å². The molecule has 24 heavy (non-hydrogen) atoms. The van der Waals surface area contributed by atoms with E-state index in [-0.39, 0.29) is 4.90 Å². The van der Waals surface area contributed by atoms with E-state index in [2.05, 4.69) is 13.8 Å². The number of unbranched alkanes of at least 4 members (excludes halogenated alkanes) is 5. The fourth-order valence-electron chi connectivity index (χ4n) is 2.66. The van der Waals surface area contributed by atoms with Gasteiger partial charge in [-0.05, 0) is 50.3 Å². The minimum Gasteiger partial charge on any atom is -0.379 e. The maximum absolute atomic E-state index is 11.0. The Labute approximate surface area is 147 Å². The van der Waals surface area contributed by atoms with Crippen LogP contribution in [-0.2, 0) is 21.3 Å². The van der Waals surface area contributed by atoms with E-state index in [1.165, 1.54) is 44.2 Å². The van der Waals surface area contributed by atoms with Crippen LogP contribution in [0.15, 0.2) is 29.2 Å². The highest BCUT2D eigenvalue weighted by atomic mass is 32.2. The zero-order valence-electron chi connectivity index (χ0n) is 15.0. The van der Waals surface area contributed by atoms with Gasteiger partial charge in [0, 0.05) is 6.61 Å². The van der Waals surface area contributed by atoms with Crippen molar-refractivity contribution in [2.45, 2.75) is 82.6 Å². The molecule has 0 spiro atoms. The summed E-state index contributed by atoms with van der Waals surface area (Å²) in [7, 11) is -4.08. The largest absolute Gasteiger partial charge is 0.379 e. The Bertz CT molecular complexity index is 537. The number of ether oxygens (including phenoxy) is 1. The molecule has 5 heteroatoms. The molecule has 0 saturated carbocycles. The first-order valence-electron chi connectivity index (χ1n) is 9.11. The van der Waals surface area contributed by atoms with E-state index in [4.69, 9.17) is 9.29 Å². The predicted molar refractivity (Wildman–Crippen MR) is 98.0 cm³/mol. The van der Waals surface area contributed by atoms with Gasteiger partial charge in [0.2, 0.25) is 0 Å². The Morgan fingerprint density at radius 3 is 2.29 bits per heavy atom. The summed E-state index contributed by atoms with van der Waals surface area (Å²) >= 11 is 0. The molecule has 1 N–H and O–H groups in total. The lowest BCUT2D eigenvalue weighted by Crippen LogP contribution is -2.09. The predicted octanol–water partition coefficient (Wildman–Crippen LogP) is 5.02. The fraction of sp³-hybridized carbons (Fsp3) is 0.684. The molecule has 1 aromatic rings. The van der Waals surface area contributed by atoms with Crippen LogP contribution in [-0.4, -0.2) is 25.7 Å². The first-order chi connectivity index (χ1) is 11.4. The van der Waals surface area contributed by atoms with E-state index in [1.54, 1.807) is 12.1 Å². The molecule has 1 atom stereocenters. The third kappa shape index (κ3) is 9.40. The third-order valence-corrected chi connectivity index (χ3v) is 5.07. The van der Waals surface area contributed by atoms with Crippen molar-refractivity contribution in [3.63, 3.8) is 0 Å². The van der Waals surface area contributed by atoms with Crippen LogP contribution >= 0.6 is 0 Å². The molecule has 0 aliphatic carbocycles. The lowest BCUT2D eigenvalue weighted by Gasteiger charge is -2.12. The molecule has 138 valence electrons. The van der Waals surface area contributed by atoms with Crippen molar-refractivity contribution < 1.29 is 17.7 Å². The summed E-state index contributed by atoms with van der Waals surface area (Å²) in [6.45, 7) is 5.24. The average molecular weight is 357 g/mol. The van der Waals surface area contributed by atoms with Crippen LogP contribution in [0.4, 0.5) is 0 Å². The van der Waals surface area contributed by atoms with E-state index in [0.717, 1.165) is 37.9 Å². The maximum Gasteiger partial charge on any atom is 0.294 e. The summed E-state index contributed by atoms with van der Waals surface area (Å²) in [4.78, 5) is -0.0424. The highest BCUT2D eigenvalue weighted by Crippen LogP contribution is 2.14. The van der Waals surface area contributed by atoms with Gasteiger partial charge in [-0.25, -0.2) is 0 Å². The highest BCUT2D eigenvalue weighted by Gasteiger charge is 2.08. The van der Waals surface area contributed by atoms with Crippen LogP contribution in [0.3, 0.4) is 0 Å². The van der Waals surface area contributed by atoms with E-state index < -0.39 is 10.1 Å².